The van der Waals surface area contributed by atoms with E-state index >= 15 is 0 Å². The van der Waals surface area contributed by atoms with E-state index < -0.39 is 0 Å². The number of hydrogen-bond acceptors (Lipinski definition) is 5. The molecule has 2 rings (SSSR count). The first-order valence-electron chi connectivity index (χ1n) is 6.49. The van der Waals surface area contributed by atoms with Gasteiger partial charge in [-0.05, 0) is 37.7 Å². The van der Waals surface area contributed by atoms with Gasteiger partial charge in [-0.25, -0.2) is 4.98 Å². The number of nitrogens with one attached hydrogen (secondary N) is 2. The highest BCUT2D eigenvalue weighted by molar-refractivity contribution is 7.99. The van der Waals surface area contributed by atoms with Crippen molar-refractivity contribution in [2.45, 2.75) is 37.0 Å². The Kier molecular flexibility index (Phi) is 5.04. The molecule has 0 radical (unpaired) electrons. The fourth-order valence-electron chi connectivity index (χ4n) is 2.36. The molecule has 4 N–H and O–H groups in total. The van der Waals surface area contributed by atoms with Gasteiger partial charge in [-0.1, -0.05) is 6.42 Å². The number of anilines is 1. The van der Waals surface area contributed by atoms with Gasteiger partial charge in [0.1, 0.15) is 5.69 Å². The van der Waals surface area contributed by atoms with Gasteiger partial charge in [-0.15, -0.1) is 0 Å². The number of aromatic nitrogens is 1. The summed E-state index contributed by atoms with van der Waals surface area (Å²) >= 11 is 1.89. The van der Waals surface area contributed by atoms with E-state index in [2.05, 4.69) is 22.0 Å². The molecular formula is C13H20N4OS. The zero-order chi connectivity index (χ0) is 13.7. The van der Waals surface area contributed by atoms with Gasteiger partial charge in [0, 0.05) is 11.3 Å². The van der Waals surface area contributed by atoms with Crippen molar-refractivity contribution in [1.82, 2.24) is 10.3 Å². The van der Waals surface area contributed by atoms with Gasteiger partial charge >= 0.3 is 0 Å². The van der Waals surface area contributed by atoms with Crippen molar-refractivity contribution in [2.75, 3.05) is 11.7 Å². The Morgan fingerprint density at radius 3 is 2.95 bits per heavy atom. The number of rotatable bonds is 4. The van der Waals surface area contributed by atoms with Crippen LogP contribution in [0.3, 0.4) is 0 Å². The van der Waals surface area contributed by atoms with Crippen molar-refractivity contribution < 1.29 is 4.79 Å². The van der Waals surface area contributed by atoms with E-state index in [1.54, 1.807) is 18.3 Å². The highest BCUT2D eigenvalue weighted by Gasteiger charge is 2.23. The smallest absolute Gasteiger partial charge is 0.270 e. The van der Waals surface area contributed by atoms with Crippen LogP contribution in [-0.2, 0) is 0 Å². The number of pyridine rings is 1. The number of thioether (sulfide) groups is 1. The largest absolute Gasteiger partial charge is 0.348 e. The lowest BCUT2D eigenvalue weighted by Crippen LogP contribution is -2.39. The third-order valence-corrected chi connectivity index (χ3v) is 4.55. The average Bonchev–Trinajstić information content (AvgIpc) is 2.47. The topological polar surface area (TPSA) is 80.0 Å². The van der Waals surface area contributed by atoms with Gasteiger partial charge in [-0.2, -0.15) is 11.8 Å². The Morgan fingerprint density at radius 1 is 1.47 bits per heavy atom. The predicted octanol–water partition coefficient (Wildman–Crippen LogP) is 1.77. The van der Waals surface area contributed by atoms with Crippen molar-refractivity contribution in [3.63, 3.8) is 0 Å². The molecule has 0 saturated heterocycles. The number of nitrogens with zero attached hydrogens (tertiary/aromatic N) is 1. The van der Waals surface area contributed by atoms with Crippen LogP contribution in [0.25, 0.3) is 0 Å². The standard InChI is InChI=1S/C13H20N4OS/c1-19-11-4-2-3-9(7-11)16-13(18)12-6-5-10(17-14)8-15-12/h5-6,8-9,11,17H,2-4,7,14H2,1H3,(H,16,18). The maximum Gasteiger partial charge on any atom is 0.270 e. The van der Waals surface area contributed by atoms with Crippen molar-refractivity contribution in [3.8, 4) is 0 Å². The predicted molar refractivity (Wildman–Crippen MR) is 79.1 cm³/mol. The van der Waals surface area contributed by atoms with Crippen LogP contribution in [0.1, 0.15) is 36.2 Å². The molecule has 2 unspecified atom stereocenters. The first kappa shape index (κ1) is 14.1. The zero-order valence-electron chi connectivity index (χ0n) is 11.1. The maximum absolute atomic E-state index is 12.1. The summed E-state index contributed by atoms with van der Waals surface area (Å²) in [5, 5.41) is 3.73. The van der Waals surface area contributed by atoms with E-state index in [4.69, 9.17) is 5.84 Å². The molecule has 1 fully saturated rings. The second-order valence-electron chi connectivity index (χ2n) is 4.77. The fourth-order valence-corrected chi connectivity index (χ4v) is 3.19. The Bertz CT molecular complexity index is 423. The van der Waals surface area contributed by atoms with Crippen LogP contribution in [0.15, 0.2) is 18.3 Å². The van der Waals surface area contributed by atoms with E-state index in [0.717, 1.165) is 12.8 Å². The van der Waals surface area contributed by atoms with Gasteiger partial charge in [0.25, 0.3) is 5.91 Å². The number of hydrogen-bond donors (Lipinski definition) is 3. The van der Waals surface area contributed by atoms with Crippen molar-refractivity contribution in [1.29, 1.82) is 0 Å². The lowest BCUT2D eigenvalue weighted by atomic mass is 9.95. The highest BCUT2D eigenvalue weighted by atomic mass is 32.2. The summed E-state index contributed by atoms with van der Waals surface area (Å²) in [5.74, 6) is 5.16. The fraction of sp³-hybridized carbons (Fsp3) is 0.538. The second-order valence-corrected chi connectivity index (χ2v) is 5.91. The van der Waals surface area contributed by atoms with Crippen LogP contribution in [0.2, 0.25) is 0 Å². The number of nitrogen functional groups attached to an aromatic ring is 1. The summed E-state index contributed by atoms with van der Waals surface area (Å²) < 4.78 is 0. The first-order chi connectivity index (χ1) is 9.22. The van der Waals surface area contributed by atoms with E-state index in [0.29, 0.717) is 16.6 Å². The molecule has 1 saturated carbocycles. The molecule has 0 aliphatic heterocycles. The minimum atomic E-state index is -0.102. The third-order valence-electron chi connectivity index (χ3n) is 3.46. The van der Waals surface area contributed by atoms with Gasteiger partial charge in [0.15, 0.2) is 0 Å². The highest BCUT2D eigenvalue weighted by Crippen LogP contribution is 2.26. The molecule has 1 heterocycles. The average molecular weight is 280 g/mol. The summed E-state index contributed by atoms with van der Waals surface area (Å²) in [6, 6.07) is 3.69. The summed E-state index contributed by atoms with van der Waals surface area (Å²) in [4.78, 5) is 16.2. The van der Waals surface area contributed by atoms with Gasteiger partial charge in [0.05, 0.1) is 11.9 Å². The van der Waals surface area contributed by atoms with E-state index in [-0.39, 0.29) is 11.9 Å². The Balaban J connectivity index is 1.92. The van der Waals surface area contributed by atoms with Crippen molar-refractivity contribution >= 4 is 23.4 Å². The molecule has 0 spiro atoms. The Morgan fingerprint density at radius 2 is 2.32 bits per heavy atom. The quantitative estimate of drug-likeness (QED) is 0.578. The summed E-state index contributed by atoms with van der Waals surface area (Å²) in [5.41, 5.74) is 3.62. The monoisotopic (exact) mass is 280 g/mol. The van der Waals surface area contributed by atoms with Gasteiger partial charge < -0.3 is 10.7 Å². The molecule has 0 bridgehead atoms. The SMILES string of the molecule is CSC1CCCC(NC(=O)c2ccc(NN)cn2)C1. The third kappa shape index (κ3) is 3.84. The van der Waals surface area contributed by atoms with Crippen LogP contribution >= 0.6 is 11.8 Å². The van der Waals surface area contributed by atoms with E-state index in [1.807, 2.05) is 11.8 Å². The van der Waals surface area contributed by atoms with Crippen LogP contribution in [0.5, 0.6) is 0 Å². The summed E-state index contributed by atoms with van der Waals surface area (Å²) in [6.07, 6.45) is 8.23. The molecule has 5 nitrogen and oxygen atoms in total. The molecule has 1 aliphatic carbocycles. The molecule has 1 aliphatic rings. The molecule has 2 atom stereocenters. The number of carbonyl (C=O) groups excluding carboxylic acids is 1. The zero-order valence-corrected chi connectivity index (χ0v) is 11.9. The van der Waals surface area contributed by atoms with Gasteiger partial charge in [-0.3, -0.25) is 10.6 Å². The van der Waals surface area contributed by atoms with Crippen LogP contribution in [0.4, 0.5) is 5.69 Å². The molecule has 19 heavy (non-hydrogen) atoms. The molecule has 104 valence electrons. The number of hydrazine groups is 1. The van der Waals surface area contributed by atoms with Gasteiger partial charge in [0.2, 0.25) is 0 Å². The minimum Gasteiger partial charge on any atom is -0.348 e. The lowest BCUT2D eigenvalue weighted by molar-refractivity contribution is 0.0923. The molecule has 0 aromatic carbocycles. The normalized spacial score (nSPS) is 22.8. The molecule has 6 heteroatoms. The number of nitrogens with two attached hydrogens (primary N) is 1. The number of amides is 1. The minimum absolute atomic E-state index is 0.102. The van der Waals surface area contributed by atoms with E-state index in [1.165, 1.54) is 12.8 Å². The van der Waals surface area contributed by atoms with Crippen LogP contribution < -0.4 is 16.6 Å². The maximum atomic E-state index is 12.1. The van der Waals surface area contributed by atoms with E-state index in [9.17, 15) is 4.79 Å². The molecular weight excluding hydrogens is 260 g/mol. The molecule has 1 aromatic heterocycles. The molecule has 1 aromatic rings. The summed E-state index contributed by atoms with van der Waals surface area (Å²) in [6.45, 7) is 0. The van der Waals surface area contributed by atoms with Crippen LogP contribution in [0, 0.1) is 0 Å². The number of carbonyl (C=O) groups is 1. The first-order valence-corrected chi connectivity index (χ1v) is 7.78. The van der Waals surface area contributed by atoms with Crippen LogP contribution in [-0.4, -0.2) is 28.4 Å². The van der Waals surface area contributed by atoms with Crippen molar-refractivity contribution in [3.05, 3.63) is 24.0 Å². The second kappa shape index (κ2) is 6.77. The molecule has 1 amide bonds. The lowest BCUT2D eigenvalue weighted by Gasteiger charge is -2.28. The summed E-state index contributed by atoms with van der Waals surface area (Å²) in [7, 11) is 0. The van der Waals surface area contributed by atoms with Crippen molar-refractivity contribution in [2.24, 2.45) is 5.84 Å². The Hall–Kier alpha value is -1.27. The Labute approximate surface area is 117 Å².